The summed E-state index contributed by atoms with van der Waals surface area (Å²) in [5, 5.41) is 3.33. The number of methoxy groups -OCH3 is 2. The van der Waals surface area contributed by atoms with Gasteiger partial charge in [-0.3, -0.25) is 9.69 Å². The third-order valence-corrected chi connectivity index (χ3v) is 6.45. The van der Waals surface area contributed by atoms with E-state index in [1.807, 2.05) is 23.1 Å². The highest BCUT2D eigenvalue weighted by Crippen LogP contribution is 2.27. The lowest BCUT2D eigenvalue weighted by molar-refractivity contribution is -0.132. The quantitative estimate of drug-likeness (QED) is 0.722. The number of rotatable bonds is 6. The Balaban J connectivity index is 1.54. The number of carbonyl (C=O) groups excluding carboxylic acids is 1. The number of benzene rings is 1. The number of ether oxygens (including phenoxy) is 2. The monoisotopic (exact) mass is 417 g/mol. The minimum absolute atomic E-state index is 0.0925. The lowest BCUT2D eigenvalue weighted by atomic mass is 9.98. The van der Waals surface area contributed by atoms with Crippen molar-refractivity contribution in [2.75, 3.05) is 40.4 Å². The van der Waals surface area contributed by atoms with Crippen molar-refractivity contribution in [3.05, 3.63) is 39.8 Å². The van der Waals surface area contributed by atoms with Crippen molar-refractivity contribution in [1.29, 1.82) is 0 Å². The molecule has 2 heterocycles. The van der Waals surface area contributed by atoms with Gasteiger partial charge in [-0.25, -0.2) is 4.98 Å². The van der Waals surface area contributed by atoms with Gasteiger partial charge in [0.1, 0.15) is 11.5 Å². The standard InChI is InChI=1S/C22H31N3O3S/c1-22(2,3)21-23-17(15-29-21)14-24-8-10-25(11-9-24)20(26)13-16-12-18(27-4)6-7-19(16)28-5/h6-7,12,15H,8-11,13-14H2,1-5H3. The van der Waals surface area contributed by atoms with Crippen LogP contribution in [0.5, 0.6) is 11.5 Å². The van der Waals surface area contributed by atoms with Crippen LogP contribution in [0, 0.1) is 0 Å². The number of aromatic nitrogens is 1. The van der Waals surface area contributed by atoms with Gasteiger partial charge in [-0.1, -0.05) is 20.8 Å². The highest BCUT2D eigenvalue weighted by atomic mass is 32.1. The number of hydrogen-bond acceptors (Lipinski definition) is 6. The first-order valence-corrected chi connectivity index (χ1v) is 10.8. The second kappa shape index (κ2) is 9.13. The SMILES string of the molecule is COc1ccc(OC)c(CC(=O)N2CCN(Cc3csc(C(C)(C)C)n3)CC2)c1. The molecule has 0 atom stereocenters. The second-order valence-corrected chi connectivity index (χ2v) is 9.26. The molecule has 1 saturated heterocycles. The van der Waals surface area contributed by atoms with Gasteiger partial charge in [0.05, 0.1) is 31.3 Å². The van der Waals surface area contributed by atoms with Gasteiger partial charge in [0.15, 0.2) is 0 Å². The van der Waals surface area contributed by atoms with Gasteiger partial charge < -0.3 is 14.4 Å². The van der Waals surface area contributed by atoms with Crippen molar-refractivity contribution in [3.63, 3.8) is 0 Å². The molecule has 1 fully saturated rings. The molecule has 0 bridgehead atoms. The maximum Gasteiger partial charge on any atom is 0.227 e. The Labute approximate surface area is 177 Å². The average Bonchev–Trinajstić information content (AvgIpc) is 3.17. The first kappa shape index (κ1) is 21.6. The van der Waals surface area contributed by atoms with Gasteiger partial charge in [0, 0.05) is 49.1 Å². The smallest absolute Gasteiger partial charge is 0.227 e. The Morgan fingerprint density at radius 2 is 1.86 bits per heavy atom. The summed E-state index contributed by atoms with van der Waals surface area (Å²) >= 11 is 1.73. The molecule has 0 saturated carbocycles. The normalized spacial score (nSPS) is 15.4. The average molecular weight is 418 g/mol. The van der Waals surface area contributed by atoms with Crippen LogP contribution in [0.3, 0.4) is 0 Å². The Kier molecular flexibility index (Phi) is 6.80. The molecule has 0 unspecified atom stereocenters. The first-order chi connectivity index (χ1) is 13.8. The fourth-order valence-corrected chi connectivity index (χ4v) is 4.30. The van der Waals surface area contributed by atoms with E-state index in [9.17, 15) is 4.79 Å². The Morgan fingerprint density at radius 3 is 2.45 bits per heavy atom. The predicted octanol–water partition coefficient (Wildman–Crippen LogP) is 3.34. The van der Waals surface area contributed by atoms with E-state index in [1.165, 1.54) is 5.01 Å². The van der Waals surface area contributed by atoms with Crippen molar-refractivity contribution in [3.8, 4) is 11.5 Å². The Morgan fingerprint density at radius 1 is 1.14 bits per heavy atom. The molecule has 1 aromatic carbocycles. The van der Waals surface area contributed by atoms with E-state index in [1.54, 1.807) is 25.6 Å². The first-order valence-electron chi connectivity index (χ1n) is 9.96. The summed E-state index contributed by atoms with van der Waals surface area (Å²) in [5.74, 6) is 1.58. The number of nitrogens with zero attached hydrogens (tertiary/aromatic N) is 3. The molecule has 2 aromatic rings. The molecule has 1 aliphatic rings. The van der Waals surface area contributed by atoms with E-state index in [4.69, 9.17) is 14.5 Å². The van der Waals surface area contributed by atoms with Crippen LogP contribution in [0.4, 0.5) is 0 Å². The molecule has 0 aliphatic carbocycles. The zero-order valence-corrected chi connectivity index (χ0v) is 18.8. The Bertz CT molecular complexity index is 836. The highest BCUT2D eigenvalue weighted by Gasteiger charge is 2.24. The van der Waals surface area contributed by atoms with E-state index in [2.05, 4.69) is 31.1 Å². The molecule has 1 aromatic heterocycles. The number of piperazine rings is 1. The van der Waals surface area contributed by atoms with Crippen LogP contribution < -0.4 is 9.47 Å². The molecule has 1 aliphatic heterocycles. The summed E-state index contributed by atoms with van der Waals surface area (Å²) in [4.78, 5) is 21.9. The number of hydrogen-bond donors (Lipinski definition) is 0. The van der Waals surface area contributed by atoms with E-state index in [-0.39, 0.29) is 11.3 Å². The Hall–Kier alpha value is -2.12. The molecular weight excluding hydrogens is 386 g/mol. The van der Waals surface area contributed by atoms with Crippen LogP contribution in [0.25, 0.3) is 0 Å². The largest absolute Gasteiger partial charge is 0.497 e. The van der Waals surface area contributed by atoms with Crippen molar-refractivity contribution < 1.29 is 14.3 Å². The molecule has 0 N–H and O–H groups in total. The van der Waals surface area contributed by atoms with Crippen LogP contribution in [-0.4, -0.2) is 61.1 Å². The summed E-state index contributed by atoms with van der Waals surface area (Å²) in [6.07, 6.45) is 0.321. The van der Waals surface area contributed by atoms with Crippen molar-refractivity contribution >= 4 is 17.2 Å². The van der Waals surface area contributed by atoms with Crippen molar-refractivity contribution in [2.24, 2.45) is 0 Å². The van der Waals surface area contributed by atoms with Crippen LogP contribution in [0.15, 0.2) is 23.6 Å². The van der Waals surface area contributed by atoms with Gasteiger partial charge in [0.25, 0.3) is 0 Å². The predicted molar refractivity (Wildman–Crippen MR) is 116 cm³/mol. The zero-order valence-electron chi connectivity index (χ0n) is 18.0. The maximum atomic E-state index is 12.8. The molecule has 7 heteroatoms. The van der Waals surface area contributed by atoms with E-state index in [0.717, 1.165) is 55.5 Å². The third-order valence-electron chi connectivity index (χ3n) is 5.13. The van der Waals surface area contributed by atoms with Gasteiger partial charge in [-0.05, 0) is 18.2 Å². The molecule has 29 heavy (non-hydrogen) atoms. The maximum absolute atomic E-state index is 12.8. The minimum Gasteiger partial charge on any atom is -0.497 e. The fraction of sp³-hybridized carbons (Fsp3) is 0.545. The number of thiazole rings is 1. The van der Waals surface area contributed by atoms with Crippen LogP contribution >= 0.6 is 11.3 Å². The lowest BCUT2D eigenvalue weighted by Gasteiger charge is -2.34. The summed E-state index contributed by atoms with van der Waals surface area (Å²) in [6.45, 7) is 10.6. The van der Waals surface area contributed by atoms with Crippen LogP contribution in [0.1, 0.15) is 37.0 Å². The summed E-state index contributed by atoms with van der Waals surface area (Å²) in [6, 6.07) is 5.57. The van der Waals surface area contributed by atoms with Crippen LogP contribution in [0.2, 0.25) is 0 Å². The second-order valence-electron chi connectivity index (χ2n) is 8.41. The number of carbonyl (C=O) groups is 1. The summed E-state index contributed by atoms with van der Waals surface area (Å²) < 4.78 is 10.7. The van der Waals surface area contributed by atoms with Gasteiger partial charge in [-0.2, -0.15) is 0 Å². The molecule has 1 amide bonds. The van der Waals surface area contributed by atoms with E-state index in [0.29, 0.717) is 6.42 Å². The fourth-order valence-electron chi connectivity index (χ4n) is 3.40. The van der Waals surface area contributed by atoms with Gasteiger partial charge in [-0.15, -0.1) is 11.3 Å². The summed E-state index contributed by atoms with van der Waals surface area (Å²) in [7, 11) is 3.25. The molecular formula is C22H31N3O3S. The van der Waals surface area contributed by atoms with Gasteiger partial charge >= 0.3 is 0 Å². The topological polar surface area (TPSA) is 54.9 Å². The molecule has 6 nitrogen and oxygen atoms in total. The summed E-state index contributed by atoms with van der Waals surface area (Å²) in [5.41, 5.74) is 2.08. The lowest BCUT2D eigenvalue weighted by Crippen LogP contribution is -2.48. The zero-order chi connectivity index (χ0) is 21.0. The molecule has 158 valence electrons. The van der Waals surface area contributed by atoms with Crippen LogP contribution in [-0.2, 0) is 23.2 Å². The van der Waals surface area contributed by atoms with E-state index < -0.39 is 0 Å². The minimum atomic E-state index is 0.0925. The highest BCUT2D eigenvalue weighted by molar-refractivity contribution is 7.09. The third kappa shape index (κ3) is 5.48. The van der Waals surface area contributed by atoms with E-state index >= 15 is 0 Å². The molecule has 0 spiro atoms. The van der Waals surface area contributed by atoms with Crippen molar-refractivity contribution in [1.82, 2.24) is 14.8 Å². The molecule has 3 rings (SSSR count). The van der Waals surface area contributed by atoms with Crippen molar-refractivity contribution in [2.45, 2.75) is 39.2 Å². The number of amides is 1. The van der Waals surface area contributed by atoms with Gasteiger partial charge in [0.2, 0.25) is 5.91 Å². The molecule has 0 radical (unpaired) electrons.